The molecule has 29 heavy (non-hydrogen) atoms. The van der Waals surface area contributed by atoms with E-state index in [4.69, 9.17) is 8.94 Å². The molecule has 1 aromatic carbocycles. The number of aromatic nitrogens is 5. The van der Waals surface area contributed by atoms with Crippen molar-refractivity contribution in [1.82, 2.24) is 25.6 Å². The van der Waals surface area contributed by atoms with Gasteiger partial charge in [0.15, 0.2) is 8.68 Å². The highest BCUT2D eigenvalue weighted by molar-refractivity contribution is 8.02. The summed E-state index contributed by atoms with van der Waals surface area (Å²) in [6.45, 7) is 4.02. The van der Waals surface area contributed by atoms with Gasteiger partial charge in [-0.3, -0.25) is 0 Å². The molecule has 0 saturated heterocycles. The Morgan fingerprint density at radius 3 is 2.59 bits per heavy atom. The van der Waals surface area contributed by atoms with Gasteiger partial charge in [0.25, 0.3) is 5.89 Å². The topological polar surface area (TPSA) is 90.7 Å². The van der Waals surface area contributed by atoms with E-state index in [2.05, 4.69) is 32.5 Å². The van der Waals surface area contributed by atoms with Crippen LogP contribution in [0.2, 0.25) is 0 Å². The number of rotatable bonds is 9. The van der Waals surface area contributed by atoms with E-state index in [1.807, 2.05) is 37.3 Å². The quantitative estimate of drug-likeness (QED) is 0.236. The fourth-order valence-corrected chi connectivity index (χ4v) is 5.58. The fourth-order valence-electron chi connectivity index (χ4n) is 2.57. The molecule has 0 aliphatic carbocycles. The van der Waals surface area contributed by atoms with E-state index in [9.17, 15) is 0 Å². The van der Waals surface area contributed by atoms with Crippen molar-refractivity contribution in [3.63, 3.8) is 0 Å². The van der Waals surface area contributed by atoms with Crippen LogP contribution in [-0.4, -0.2) is 31.3 Å². The van der Waals surface area contributed by atoms with Gasteiger partial charge < -0.3 is 8.94 Å². The average Bonchev–Trinajstić information content (AvgIpc) is 3.47. The summed E-state index contributed by atoms with van der Waals surface area (Å²) in [6, 6.07) is 9.81. The Hall–Kier alpha value is -2.17. The standard InChI is InChI=1S/C19H19N5O2S3/c1-3-4-10-27-18-22-23-19(29-18)28-11-14-20-21-17(25-14)15-12(2)26-24-16(15)13-8-6-5-7-9-13/h5-9H,3-4,10-11H2,1-2H3. The van der Waals surface area contributed by atoms with Crippen LogP contribution >= 0.6 is 34.9 Å². The summed E-state index contributed by atoms with van der Waals surface area (Å²) >= 11 is 4.90. The monoisotopic (exact) mass is 445 g/mol. The van der Waals surface area contributed by atoms with Crippen LogP contribution in [-0.2, 0) is 5.75 Å². The summed E-state index contributed by atoms with van der Waals surface area (Å²) in [5.74, 6) is 3.19. The van der Waals surface area contributed by atoms with Gasteiger partial charge in [0, 0.05) is 11.3 Å². The van der Waals surface area contributed by atoms with Crippen LogP contribution in [0.1, 0.15) is 31.4 Å². The van der Waals surface area contributed by atoms with Crippen LogP contribution in [0.5, 0.6) is 0 Å². The van der Waals surface area contributed by atoms with Crippen molar-refractivity contribution in [2.24, 2.45) is 0 Å². The Kier molecular flexibility index (Phi) is 6.63. The minimum Gasteiger partial charge on any atom is -0.420 e. The molecule has 4 aromatic rings. The second-order valence-electron chi connectivity index (χ2n) is 6.15. The maximum absolute atomic E-state index is 5.89. The Morgan fingerprint density at radius 2 is 1.79 bits per heavy atom. The molecule has 0 atom stereocenters. The van der Waals surface area contributed by atoms with E-state index in [0.717, 1.165) is 25.6 Å². The molecule has 0 unspecified atom stereocenters. The Bertz CT molecular complexity index is 1060. The summed E-state index contributed by atoms with van der Waals surface area (Å²) in [6.07, 6.45) is 2.37. The predicted octanol–water partition coefficient (Wildman–Crippen LogP) is 5.74. The number of hydrogen-bond donors (Lipinski definition) is 0. The van der Waals surface area contributed by atoms with Crippen LogP contribution in [0.15, 0.2) is 48.0 Å². The molecule has 0 spiro atoms. The normalized spacial score (nSPS) is 11.2. The third kappa shape index (κ3) is 4.88. The molecular formula is C19H19N5O2S3. The van der Waals surface area contributed by atoms with Gasteiger partial charge in [0.05, 0.1) is 5.75 Å². The van der Waals surface area contributed by atoms with E-state index in [-0.39, 0.29) is 0 Å². The van der Waals surface area contributed by atoms with Crippen LogP contribution < -0.4 is 0 Å². The lowest BCUT2D eigenvalue weighted by Gasteiger charge is -1.98. The third-order valence-corrected chi connectivity index (χ3v) is 7.28. The molecule has 3 aromatic heterocycles. The van der Waals surface area contributed by atoms with Gasteiger partial charge in [-0.15, -0.1) is 20.4 Å². The zero-order valence-electron chi connectivity index (χ0n) is 16.0. The summed E-state index contributed by atoms with van der Waals surface area (Å²) in [7, 11) is 0. The first-order chi connectivity index (χ1) is 14.2. The largest absolute Gasteiger partial charge is 0.420 e. The van der Waals surface area contributed by atoms with E-state index in [0.29, 0.717) is 29.0 Å². The Labute approximate surface area is 180 Å². The van der Waals surface area contributed by atoms with Crippen LogP contribution in [0.4, 0.5) is 0 Å². The maximum Gasteiger partial charge on any atom is 0.253 e. The van der Waals surface area contributed by atoms with Crippen LogP contribution in [0.3, 0.4) is 0 Å². The van der Waals surface area contributed by atoms with Gasteiger partial charge in [0.1, 0.15) is 17.0 Å². The average molecular weight is 446 g/mol. The lowest BCUT2D eigenvalue weighted by atomic mass is 10.1. The van der Waals surface area contributed by atoms with Gasteiger partial charge in [-0.25, -0.2) is 0 Å². The van der Waals surface area contributed by atoms with Gasteiger partial charge in [-0.05, 0) is 13.3 Å². The number of unbranched alkanes of at least 4 members (excludes halogenated alkanes) is 1. The van der Waals surface area contributed by atoms with E-state index < -0.39 is 0 Å². The zero-order chi connectivity index (χ0) is 20.1. The molecule has 0 bridgehead atoms. The lowest BCUT2D eigenvalue weighted by Crippen LogP contribution is -1.84. The predicted molar refractivity (Wildman–Crippen MR) is 115 cm³/mol. The molecule has 3 heterocycles. The Balaban J connectivity index is 1.44. The number of nitrogens with zero attached hydrogens (tertiary/aromatic N) is 5. The molecule has 0 fully saturated rings. The van der Waals surface area contributed by atoms with Crippen molar-refractivity contribution in [3.05, 3.63) is 42.0 Å². The fraction of sp³-hybridized carbons (Fsp3) is 0.316. The summed E-state index contributed by atoms with van der Waals surface area (Å²) < 4.78 is 13.2. The lowest BCUT2D eigenvalue weighted by molar-refractivity contribution is 0.399. The molecule has 0 radical (unpaired) electrons. The summed E-state index contributed by atoms with van der Waals surface area (Å²) in [4.78, 5) is 0. The molecule has 0 aliphatic rings. The molecule has 0 saturated carbocycles. The minimum absolute atomic E-state index is 0.409. The molecule has 4 rings (SSSR count). The maximum atomic E-state index is 5.89. The molecule has 10 heteroatoms. The highest BCUT2D eigenvalue weighted by Gasteiger charge is 2.22. The molecule has 0 amide bonds. The highest BCUT2D eigenvalue weighted by atomic mass is 32.2. The van der Waals surface area contributed by atoms with Gasteiger partial charge in [-0.1, -0.05) is 83.7 Å². The molecule has 0 aliphatic heterocycles. The summed E-state index contributed by atoms with van der Waals surface area (Å²) in [5.41, 5.74) is 2.37. The SMILES string of the molecule is CCCCSc1nnc(SCc2nnc(-c3c(-c4ccccc4)noc3C)o2)s1. The van der Waals surface area contributed by atoms with E-state index >= 15 is 0 Å². The first-order valence-electron chi connectivity index (χ1n) is 9.18. The van der Waals surface area contributed by atoms with E-state index in [1.54, 1.807) is 34.9 Å². The van der Waals surface area contributed by atoms with Gasteiger partial charge in [-0.2, -0.15) is 0 Å². The first-order valence-corrected chi connectivity index (χ1v) is 12.0. The van der Waals surface area contributed by atoms with Crippen molar-refractivity contribution in [1.29, 1.82) is 0 Å². The molecular weight excluding hydrogens is 426 g/mol. The molecule has 7 nitrogen and oxygen atoms in total. The van der Waals surface area contributed by atoms with Crippen LogP contribution in [0, 0.1) is 6.92 Å². The second-order valence-corrected chi connectivity index (χ2v) is 9.70. The van der Waals surface area contributed by atoms with Crippen molar-refractivity contribution in [3.8, 4) is 22.7 Å². The zero-order valence-corrected chi connectivity index (χ0v) is 18.4. The smallest absolute Gasteiger partial charge is 0.253 e. The van der Waals surface area contributed by atoms with Gasteiger partial charge in [0.2, 0.25) is 5.89 Å². The second kappa shape index (κ2) is 9.55. The van der Waals surface area contributed by atoms with Gasteiger partial charge >= 0.3 is 0 Å². The van der Waals surface area contributed by atoms with Crippen LogP contribution in [0.25, 0.3) is 22.7 Å². The Morgan fingerprint density at radius 1 is 1.00 bits per heavy atom. The number of thioether (sulfide) groups is 2. The van der Waals surface area contributed by atoms with Crippen molar-refractivity contribution in [2.75, 3.05) is 5.75 Å². The first kappa shape index (κ1) is 20.1. The summed E-state index contributed by atoms with van der Waals surface area (Å²) in [5, 5.41) is 21.0. The van der Waals surface area contributed by atoms with Crippen molar-refractivity contribution >= 4 is 34.9 Å². The molecule has 150 valence electrons. The third-order valence-electron chi connectivity index (χ3n) is 4.02. The number of hydrogen-bond acceptors (Lipinski definition) is 10. The van der Waals surface area contributed by atoms with E-state index in [1.165, 1.54) is 12.8 Å². The van der Waals surface area contributed by atoms with Crippen molar-refractivity contribution < 1.29 is 8.94 Å². The minimum atomic E-state index is 0.409. The van der Waals surface area contributed by atoms with Crippen molar-refractivity contribution in [2.45, 2.75) is 41.1 Å². The molecule has 0 N–H and O–H groups in total. The number of aryl methyl sites for hydroxylation is 1. The number of benzene rings is 1. The highest BCUT2D eigenvalue weighted by Crippen LogP contribution is 2.35.